The molecule has 1 aliphatic rings. The van der Waals surface area contributed by atoms with E-state index >= 15 is 0 Å². The number of methoxy groups -OCH3 is 1. The molecule has 106 valence electrons. The van der Waals surface area contributed by atoms with Crippen LogP contribution in [0, 0.1) is 0 Å². The highest BCUT2D eigenvalue weighted by molar-refractivity contribution is 9.10. The highest BCUT2D eigenvalue weighted by Gasteiger charge is 2.29. The van der Waals surface area contributed by atoms with Crippen LogP contribution in [0.25, 0.3) is 0 Å². The van der Waals surface area contributed by atoms with Gasteiger partial charge in [0.25, 0.3) is 5.91 Å². The van der Waals surface area contributed by atoms with Gasteiger partial charge in [0.2, 0.25) is 0 Å². The number of likely N-dealkylation sites (N-methyl/N-ethyl adjacent to an activating group) is 1. The molecule has 0 bridgehead atoms. The monoisotopic (exact) mass is 330 g/mol. The van der Waals surface area contributed by atoms with Crippen molar-refractivity contribution < 1.29 is 14.6 Å². The molecule has 1 atom stereocenters. The van der Waals surface area contributed by atoms with Crippen LogP contribution in [0.5, 0.6) is 0 Å². The van der Waals surface area contributed by atoms with Gasteiger partial charge in [0, 0.05) is 37.4 Å². The van der Waals surface area contributed by atoms with E-state index in [9.17, 15) is 9.90 Å². The van der Waals surface area contributed by atoms with E-state index in [-0.39, 0.29) is 19.1 Å². The van der Waals surface area contributed by atoms with E-state index in [0.29, 0.717) is 11.7 Å². The summed E-state index contributed by atoms with van der Waals surface area (Å²) in [6.45, 7) is 0.491. The van der Waals surface area contributed by atoms with E-state index in [4.69, 9.17) is 4.74 Å². The van der Waals surface area contributed by atoms with E-state index in [1.54, 1.807) is 7.05 Å². The molecule has 1 amide bonds. The second-order valence-electron chi connectivity index (χ2n) is 4.98. The van der Waals surface area contributed by atoms with E-state index in [2.05, 4.69) is 15.9 Å². The summed E-state index contributed by atoms with van der Waals surface area (Å²) in [5.41, 5.74) is 0.668. The third-order valence-corrected chi connectivity index (χ3v) is 3.60. The quantitative estimate of drug-likeness (QED) is 0.863. The minimum Gasteiger partial charge on any atom is -0.389 e. The SMILES string of the molecule is COCC(O)CN(C)C(=O)c1cc(Br)cn1C1CC1. The Morgan fingerprint density at radius 3 is 2.95 bits per heavy atom. The summed E-state index contributed by atoms with van der Waals surface area (Å²) in [4.78, 5) is 13.9. The Kier molecular flexibility index (Phi) is 4.65. The standard InChI is InChI=1S/C13H19BrN2O3/c1-15(7-11(17)8-19-2)13(18)12-5-9(14)6-16(12)10-3-4-10/h5-6,10-11,17H,3-4,7-8H2,1-2H3. The Morgan fingerprint density at radius 1 is 1.68 bits per heavy atom. The van der Waals surface area contributed by atoms with E-state index in [0.717, 1.165) is 17.3 Å². The molecule has 1 unspecified atom stereocenters. The molecule has 1 fully saturated rings. The largest absolute Gasteiger partial charge is 0.389 e. The first-order valence-corrected chi connectivity index (χ1v) is 7.12. The van der Waals surface area contributed by atoms with Crippen molar-refractivity contribution >= 4 is 21.8 Å². The summed E-state index contributed by atoms with van der Waals surface area (Å²) in [5, 5.41) is 9.68. The van der Waals surface area contributed by atoms with Crippen LogP contribution >= 0.6 is 15.9 Å². The number of hydrogen-bond donors (Lipinski definition) is 1. The topological polar surface area (TPSA) is 54.7 Å². The third kappa shape index (κ3) is 3.58. The Balaban J connectivity index is 2.06. The number of aliphatic hydroxyl groups excluding tert-OH is 1. The van der Waals surface area contributed by atoms with Crippen molar-refractivity contribution in [2.45, 2.75) is 25.0 Å². The van der Waals surface area contributed by atoms with Crippen LogP contribution in [0.1, 0.15) is 29.4 Å². The molecule has 1 saturated carbocycles. The van der Waals surface area contributed by atoms with Crippen molar-refractivity contribution in [2.24, 2.45) is 0 Å². The number of ether oxygens (including phenoxy) is 1. The number of aliphatic hydroxyl groups is 1. The number of hydrogen-bond acceptors (Lipinski definition) is 3. The molecule has 0 radical (unpaired) electrons. The second-order valence-corrected chi connectivity index (χ2v) is 5.89. The molecule has 0 saturated heterocycles. The zero-order chi connectivity index (χ0) is 14.0. The average molecular weight is 331 g/mol. The van der Waals surface area contributed by atoms with Gasteiger partial charge in [-0.1, -0.05) is 0 Å². The molecule has 1 aliphatic carbocycles. The molecular weight excluding hydrogens is 312 g/mol. The van der Waals surface area contributed by atoms with Crippen LogP contribution < -0.4 is 0 Å². The lowest BCUT2D eigenvalue weighted by molar-refractivity contribution is 0.0376. The van der Waals surface area contributed by atoms with Crippen LogP contribution in [-0.4, -0.2) is 53.9 Å². The van der Waals surface area contributed by atoms with Crippen molar-refractivity contribution in [1.29, 1.82) is 0 Å². The molecule has 1 aromatic rings. The van der Waals surface area contributed by atoms with Gasteiger partial charge in [-0.3, -0.25) is 4.79 Å². The lowest BCUT2D eigenvalue weighted by Gasteiger charge is -2.21. The zero-order valence-electron chi connectivity index (χ0n) is 11.2. The van der Waals surface area contributed by atoms with Gasteiger partial charge in [-0.05, 0) is 34.8 Å². The van der Waals surface area contributed by atoms with E-state index < -0.39 is 6.10 Å². The average Bonchev–Trinajstić information content (AvgIpc) is 3.12. The predicted octanol–water partition coefficient (Wildman–Crippen LogP) is 1.66. The van der Waals surface area contributed by atoms with Crippen molar-refractivity contribution in [3.63, 3.8) is 0 Å². The van der Waals surface area contributed by atoms with Gasteiger partial charge in [0.15, 0.2) is 0 Å². The van der Waals surface area contributed by atoms with Crippen LogP contribution in [-0.2, 0) is 4.74 Å². The molecule has 19 heavy (non-hydrogen) atoms. The molecule has 5 nitrogen and oxygen atoms in total. The van der Waals surface area contributed by atoms with Gasteiger partial charge in [-0.2, -0.15) is 0 Å². The van der Waals surface area contributed by atoms with E-state index in [1.165, 1.54) is 12.0 Å². The normalized spacial score (nSPS) is 16.4. The van der Waals surface area contributed by atoms with E-state index in [1.807, 2.05) is 16.8 Å². The predicted molar refractivity (Wildman–Crippen MR) is 75.2 cm³/mol. The van der Waals surface area contributed by atoms with Gasteiger partial charge >= 0.3 is 0 Å². The van der Waals surface area contributed by atoms with Gasteiger partial charge in [-0.15, -0.1) is 0 Å². The Bertz CT molecular complexity index is 457. The van der Waals surface area contributed by atoms with Gasteiger partial charge < -0.3 is 19.3 Å². The lowest BCUT2D eigenvalue weighted by atomic mass is 10.3. The van der Waals surface area contributed by atoms with Crippen molar-refractivity contribution in [3.05, 3.63) is 22.4 Å². The first kappa shape index (κ1) is 14.6. The number of aromatic nitrogens is 1. The Morgan fingerprint density at radius 2 is 2.37 bits per heavy atom. The molecule has 1 heterocycles. The fourth-order valence-corrected chi connectivity index (χ4v) is 2.55. The molecule has 0 spiro atoms. The minimum atomic E-state index is -0.660. The number of amides is 1. The summed E-state index contributed by atoms with van der Waals surface area (Å²) in [7, 11) is 3.22. The van der Waals surface area contributed by atoms with Crippen LogP contribution in [0.3, 0.4) is 0 Å². The summed E-state index contributed by atoms with van der Waals surface area (Å²) >= 11 is 3.41. The summed E-state index contributed by atoms with van der Waals surface area (Å²) < 4.78 is 7.80. The molecular formula is C13H19BrN2O3. The number of nitrogens with zero attached hydrogens (tertiary/aromatic N) is 2. The first-order chi connectivity index (χ1) is 9.02. The van der Waals surface area contributed by atoms with Crippen molar-refractivity contribution in [3.8, 4) is 0 Å². The third-order valence-electron chi connectivity index (χ3n) is 3.16. The number of carbonyl (C=O) groups is 1. The van der Waals surface area contributed by atoms with Gasteiger partial charge in [0.05, 0.1) is 12.7 Å². The minimum absolute atomic E-state index is 0.0762. The number of carbonyl (C=O) groups excluding carboxylic acids is 1. The zero-order valence-corrected chi connectivity index (χ0v) is 12.8. The fraction of sp³-hybridized carbons (Fsp3) is 0.615. The smallest absolute Gasteiger partial charge is 0.270 e. The molecule has 2 rings (SSSR count). The molecule has 1 N–H and O–H groups in total. The van der Waals surface area contributed by atoms with Gasteiger partial charge in [-0.25, -0.2) is 0 Å². The molecule has 0 aromatic carbocycles. The maximum Gasteiger partial charge on any atom is 0.270 e. The summed E-state index contributed by atoms with van der Waals surface area (Å²) in [6, 6.07) is 2.28. The van der Waals surface area contributed by atoms with Crippen LogP contribution in [0.2, 0.25) is 0 Å². The molecule has 1 aromatic heterocycles. The molecule has 0 aliphatic heterocycles. The highest BCUT2D eigenvalue weighted by atomic mass is 79.9. The fourth-order valence-electron chi connectivity index (χ4n) is 2.11. The Hall–Kier alpha value is -0.850. The number of rotatable bonds is 6. The first-order valence-electron chi connectivity index (χ1n) is 6.32. The lowest BCUT2D eigenvalue weighted by Crippen LogP contribution is -2.37. The molecule has 6 heteroatoms. The van der Waals surface area contributed by atoms with Crippen molar-refractivity contribution in [1.82, 2.24) is 9.47 Å². The second kappa shape index (κ2) is 6.07. The maximum atomic E-state index is 12.4. The Labute approximate surface area is 121 Å². The summed E-state index contributed by atoms with van der Waals surface area (Å²) in [6.07, 6.45) is 3.53. The van der Waals surface area contributed by atoms with Crippen LogP contribution in [0.15, 0.2) is 16.7 Å². The maximum absolute atomic E-state index is 12.4. The highest BCUT2D eigenvalue weighted by Crippen LogP contribution is 2.37. The van der Waals surface area contributed by atoms with Crippen LogP contribution in [0.4, 0.5) is 0 Å². The summed E-state index contributed by atoms with van der Waals surface area (Å²) in [5.74, 6) is -0.0762. The van der Waals surface area contributed by atoms with Gasteiger partial charge in [0.1, 0.15) is 5.69 Å². The number of halogens is 1. The van der Waals surface area contributed by atoms with Crippen molar-refractivity contribution in [2.75, 3.05) is 27.3 Å².